The van der Waals surface area contributed by atoms with E-state index in [4.69, 9.17) is 10.5 Å². The first kappa shape index (κ1) is 35.6. The van der Waals surface area contributed by atoms with Crippen LogP contribution in [0.2, 0.25) is 0 Å². The number of nitrogens with two attached hydrogens (primary N) is 1. The van der Waals surface area contributed by atoms with Gasteiger partial charge in [0.25, 0.3) is 11.5 Å². The third kappa shape index (κ3) is 7.29. The molecule has 4 aromatic rings. The molecule has 0 spiro atoms. The van der Waals surface area contributed by atoms with E-state index in [0.29, 0.717) is 35.1 Å². The Bertz CT molecular complexity index is 2010. The molecule has 0 unspecified atom stereocenters. The summed E-state index contributed by atoms with van der Waals surface area (Å²) in [6.07, 6.45) is 1.60. The minimum Gasteiger partial charge on any atom is -0.437 e. The van der Waals surface area contributed by atoms with Gasteiger partial charge in [0.1, 0.15) is 22.8 Å². The smallest absolute Gasteiger partial charge is 0.280 e. The van der Waals surface area contributed by atoms with E-state index in [1.165, 1.54) is 46.5 Å². The fourth-order valence-electron chi connectivity index (χ4n) is 7.39. The molecule has 1 saturated carbocycles. The van der Waals surface area contributed by atoms with Gasteiger partial charge in [-0.15, -0.1) is 11.3 Å². The zero-order chi connectivity index (χ0) is 36.8. The second-order valence-electron chi connectivity index (χ2n) is 14.1. The molecular weight excluding hydrogens is 698 g/mol. The predicted molar refractivity (Wildman–Crippen MR) is 187 cm³/mol. The molecule has 0 bridgehead atoms. The summed E-state index contributed by atoms with van der Waals surface area (Å²) in [4.78, 5) is 53.6. The van der Waals surface area contributed by atoms with E-state index in [2.05, 4.69) is 9.97 Å². The highest BCUT2D eigenvalue weighted by Gasteiger charge is 2.48. The van der Waals surface area contributed by atoms with Crippen molar-refractivity contribution < 1.29 is 32.6 Å². The SMILES string of the molecule is Cc1nc(C2CC(F)(F)C2)sc1C(=O)N1CC[C@@H](C(=O)N2CCC(O)(Cn3cnc(Oc4ccc(F)cc4)c(N)c3=O)CC2)[C@H](c2ccccc2)C1. The van der Waals surface area contributed by atoms with Crippen LogP contribution in [-0.2, 0) is 11.3 Å². The summed E-state index contributed by atoms with van der Waals surface area (Å²) in [7, 11) is 0. The van der Waals surface area contributed by atoms with E-state index in [1.807, 2.05) is 30.3 Å². The second-order valence-corrected chi connectivity index (χ2v) is 15.1. The predicted octanol–water partition coefficient (Wildman–Crippen LogP) is 5.33. The highest BCUT2D eigenvalue weighted by molar-refractivity contribution is 7.13. The third-order valence-electron chi connectivity index (χ3n) is 10.4. The van der Waals surface area contributed by atoms with E-state index < -0.39 is 28.8 Å². The molecule has 1 aliphatic carbocycles. The number of carbonyl (C=O) groups is 2. The Balaban J connectivity index is 1.00. The van der Waals surface area contributed by atoms with Crippen LogP contribution in [0.4, 0.5) is 18.9 Å². The minimum atomic E-state index is -2.68. The molecule has 2 aromatic heterocycles. The van der Waals surface area contributed by atoms with Crippen molar-refractivity contribution >= 4 is 28.8 Å². The first-order chi connectivity index (χ1) is 24.8. The number of piperidine rings is 2. The lowest BCUT2D eigenvalue weighted by Gasteiger charge is -2.43. The zero-order valence-corrected chi connectivity index (χ0v) is 29.3. The summed E-state index contributed by atoms with van der Waals surface area (Å²) in [6.45, 7) is 2.84. The third-order valence-corrected chi connectivity index (χ3v) is 11.7. The topological polar surface area (TPSA) is 144 Å². The lowest BCUT2D eigenvalue weighted by molar-refractivity contribution is -0.142. The minimum absolute atomic E-state index is 0.0597. The number of benzene rings is 2. The molecule has 3 aliphatic rings. The molecule has 274 valence electrons. The molecule has 11 nitrogen and oxygen atoms in total. The Kier molecular flexibility index (Phi) is 9.59. The van der Waals surface area contributed by atoms with E-state index in [0.717, 1.165) is 5.56 Å². The Morgan fingerprint density at radius 3 is 2.40 bits per heavy atom. The molecule has 0 radical (unpaired) electrons. The number of amides is 2. The molecule has 52 heavy (non-hydrogen) atoms. The van der Waals surface area contributed by atoms with Crippen molar-refractivity contribution in [1.82, 2.24) is 24.3 Å². The van der Waals surface area contributed by atoms with Gasteiger partial charge in [0, 0.05) is 56.8 Å². The van der Waals surface area contributed by atoms with Gasteiger partial charge < -0.3 is 25.4 Å². The van der Waals surface area contributed by atoms with Gasteiger partial charge in [-0.25, -0.2) is 23.1 Å². The van der Waals surface area contributed by atoms with Crippen molar-refractivity contribution in [3.05, 3.63) is 98.2 Å². The highest BCUT2D eigenvalue weighted by Crippen LogP contribution is 2.49. The van der Waals surface area contributed by atoms with Crippen LogP contribution in [-0.4, -0.2) is 79.0 Å². The van der Waals surface area contributed by atoms with Gasteiger partial charge >= 0.3 is 0 Å². The summed E-state index contributed by atoms with van der Waals surface area (Å²) >= 11 is 1.19. The van der Waals surface area contributed by atoms with Crippen LogP contribution in [0.1, 0.15) is 69.9 Å². The van der Waals surface area contributed by atoms with Crippen LogP contribution >= 0.6 is 11.3 Å². The van der Waals surface area contributed by atoms with E-state index in [9.17, 15) is 32.7 Å². The van der Waals surface area contributed by atoms with E-state index in [1.54, 1.807) is 16.7 Å². The monoisotopic (exact) mass is 736 g/mol. The number of alkyl halides is 2. The Hall–Kier alpha value is -4.76. The van der Waals surface area contributed by atoms with Gasteiger partial charge in [-0.05, 0) is 56.0 Å². The highest BCUT2D eigenvalue weighted by atomic mass is 32.1. The number of rotatable bonds is 8. The first-order valence-electron chi connectivity index (χ1n) is 17.3. The van der Waals surface area contributed by atoms with Crippen molar-refractivity contribution in [2.75, 3.05) is 31.9 Å². The number of hydrogen-bond acceptors (Lipinski definition) is 9. The first-order valence-corrected chi connectivity index (χ1v) is 18.1. The molecule has 2 aliphatic heterocycles. The van der Waals surface area contributed by atoms with Crippen LogP contribution in [0.15, 0.2) is 65.7 Å². The molecule has 3 fully saturated rings. The largest absolute Gasteiger partial charge is 0.437 e. The number of nitrogens with zero attached hydrogens (tertiary/aromatic N) is 5. The zero-order valence-electron chi connectivity index (χ0n) is 28.5. The molecule has 2 saturated heterocycles. The van der Waals surface area contributed by atoms with Crippen molar-refractivity contribution in [1.29, 1.82) is 0 Å². The van der Waals surface area contributed by atoms with Crippen LogP contribution in [0, 0.1) is 18.7 Å². The van der Waals surface area contributed by atoms with Crippen LogP contribution in [0.25, 0.3) is 0 Å². The summed E-state index contributed by atoms with van der Waals surface area (Å²) in [5.41, 5.74) is 5.34. The number of ether oxygens (including phenoxy) is 1. The van der Waals surface area contributed by atoms with Crippen molar-refractivity contribution in [2.24, 2.45) is 5.92 Å². The maximum Gasteiger partial charge on any atom is 0.280 e. The number of carbonyl (C=O) groups excluding carboxylic acids is 2. The number of aliphatic hydroxyl groups is 1. The number of likely N-dealkylation sites (tertiary alicyclic amines) is 2. The Labute approximate surface area is 301 Å². The Morgan fingerprint density at radius 1 is 1.04 bits per heavy atom. The molecule has 7 rings (SSSR count). The average Bonchev–Trinajstić information content (AvgIpc) is 3.52. The van der Waals surface area contributed by atoms with Crippen molar-refractivity contribution in [2.45, 2.75) is 68.9 Å². The lowest BCUT2D eigenvalue weighted by atomic mass is 9.79. The van der Waals surface area contributed by atoms with Gasteiger partial charge in [-0.2, -0.15) is 0 Å². The van der Waals surface area contributed by atoms with E-state index in [-0.39, 0.29) is 86.3 Å². The van der Waals surface area contributed by atoms with Crippen molar-refractivity contribution in [3.63, 3.8) is 0 Å². The fraction of sp³-hybridized carbons (Fsp3) is 0.432. The molecule has 3 N–H and O–H groups in total. The summed E-state index contributed by atoms with van der Waals surface area (Å²) in [5.74, 6) is -4.30. The molecule has 2 atom stereocenters. The molecule has 4 heterocycles. The van der Waals surface area contributed by atoms with Gasteiger partial charge in [-0.3, -0.25) is 19.0 Å². The van der Waals surface area contributed by atoms with Crippen LogP contribution < -0.4 is 16.0 Å². The fourth-order valence-corrected chi connectivity index (χ4v) is 8.53. The van der Waals surface area contributed by atoms with Gasteiger partial charge in [0.15, 0.2) is 5.69 Å². The maximum atomic E-state index is 14.1. The number of halogens is 3. The molecule has 15 heteroatoms. The van der Waals surface area contributed by atoms with Gasteiger partial charge in [0.2, 0.25) is 17.7 Å². The van der Waals surface area contributed by atoms with E-state index >= 15 is 0 Å². The quantitative estimate of drug-likeness (QED) is 0.247. The number of aryl methyl sites for hydroxylation is 1. The Morgan fingerprint density at radius 2 is 1.73 bits per heavy atom. The molecule has 2 amide bonds. The standard InChI is InChI=1S/C37H39F3N6O5S/c1-22-30(52-32(43-22)24-17-37(39,40)18-24)35(49)45-14-11-27(28(19-45)23-5-3-2-4-6-23)33(47)44-15-12-36(50,13-16-44)20-46-21-42-31(29(41)34(46)48)51-26-9-7-25(38)8-10-26/h2-10,21,24,27-28,50H,11-20,41H2,1H3/t27-,28+/m1/s1. The van der Waals surface area contributed by atoms with Crippen molar-refractivity contribution in [3.8, 4) is 11.6 Å². The summed E-state index contributed by atoms with van der Waals surface area (Å²) < 4.78 is 47.1. The second kappa shape index (κ2) is 14.0. The number of thiazole rings is 1. The summed E-state index contributed by atoms with van der Waals surface area (Å²) in [5, 5.41) is 12.1. The number of aromatic nitrogens is 3. The van der Waals surface area contributed by atoms with Gasteiger partial charge in [-0.1, -0.05) is 30.3 Å². The average molecular weight is 737 g/mol. The lowest BCUT2D eigenvalue weighted by Crippen LogP contribution is -2.53. The maximum absolute atomic E-state index is 14.1. The van der Waals surface area contributed by atoms with Crippen LogP contribution in [0.5, 0.6) is 11.6 Å². The number of anilines is 1. The normalized spacial score (nSPS) is 21.4. The van der Waals surface area contributed by atoms with Crippen LogP contribution in [0.3, 0.4) is 0 Å². The molecule has 2 aromatic carbocycles. The molecular formula is C37H39F3N6O5S. The number of hydrogen-bond donors (Lipinski definition) is 2. The summed E-state index contributed by atoms with van der Waals surface area (Å²) in [6, 6.07) is 14.8. The number of nitrogen functional groups attached to an aromatic ring is 1. The van der Waals surface area contributed by atoms with Gasteiger partial charge in [0.05, 0.1) is 22.8 Å².